The summed E-state index contributed by atoms with van der Waals surface area (Å²) in [6, 6.07) is 2.04. The quantitative estimate of drug-likeness (QED) is 0.858. The molecule has 2 aromatic rings. The van der Waals surface area contributed by atoms with Crippen molar-refractivity contribution in [3.8, 4) is 5.13 Å². The van der Waals surface area contributed by atoms with Crippen LogP contribution < -0.4 is 5.32 Å². The van der Waals surface area contributed by atoms with Gasteiger partial charge in [0.2, 0.25) is 11.0 Å². The van der Waals surface area contributed by atoms with Crippen molar-refractivity contribution >= 4 is 17.2 Å². The second-order valence-corrected chi connectivity index (χ2v) is 6.82. The third-order valence-electron chi connectivity index (χ3n) is 4.05. The second kappa shape index (κ2) is 7.08. The standard InChI is InChI=1S/C17H22N4OS/c1-12-10-13(2)21(20-12)17-19-15(11-23-17)8-9-18-16(22)14-6-4-3-5-7-14/h3-4,10-11,14H,5-9H2,1-2H3,(H,18,22)/t14-/m0/s1. The van der Waals surface area contributed by atoms with Crippen LogP contribution in [0.3, 0.4) is 0 Å². The zero-order valence-corrected chi connectivity index (χ0v) is 14.4. The van der Waals surface area contributed by atoms with Crippen LogP contribution in [0.5, 0.6) is 0 Å². The Bertz CT molecular complexity index is 716. The van der Waals surface area contributed by atoms with E-state index in [0.29, 0.717) is 6.54 Å². The minimum absolute atomic E-state index is 0.140. The average Bonchev–Trinajstić information content (AvgIpc) is 3.14. The number of carbonyl (C=O) groups excluding carboxylic acids is 1. The van der Waals surface area contributed by atoms with Crippen molar-refractivity contribution < 1.29 is 4.79 Å². The van der Waals surface area contributed by atoms with Gasteiger partial charge in [0.15, 0.2) is 0 Å². The van der Waals surface area contributed by atoms with Crippen LogP contribution in [0.2, 0.25) is 0 Å². The molecule has 0 saturated heterocycles. The van der Waals surface area contributed by atoms with Gasteiger partial charge in [0.25, 0.3) is 0 Å². The topological polar surface area (TPSA) is 59.8 Å². The van der Waals surface area contributed by atoms with Gasteiger partial charge in [-0.1, -0.05) is 12.2 Å². The Morgan fingerprint density at radius 3 is 3.00 bits per heavy atom. The first kappa shape index (κ1) is 15.9. The number of allylic oxidation sites excluding steroid dienone is 2. The number of aryl methyl sites for hydroxylation is 2. The lowest BCUT2D eigenvalue weighted by Crippen LogP contribution is -2.32. The van der Waals surface area contributed by atoms with E-state index in [1.165, 1.54) is 0 Å². The summed E-state index contributed by atoms with van der Waals surface area (Å²) in [6.07, 6.45) is 7.85. The third kappa shape index (κ3) is 3.88. The van der Waals surface area contributed by atoms with Gasteiger partial charge in [0, 0.05) is 30.0 Å². The van der Waals surface area contributed by atoms with Gasteiger partial charge in [-0.2, -0.15) is 5.10 Å². The highest BCUT2D eigenvalue weighted by molar-refractivity contribution is 7.12. The van der Waals surface area contributed by atoms with Crippen LogP contribution in [0.15, 0.2) is 23.6 Å². The highest BCUT2D eigenvalue weighted by Crippen LogP contribution is 2.19. The normalized spacial score (nSPS) is 17.4. The molecule has 1 N–H and O–H groups in total. The molecule has 5 nitrogen and oxygen atoms in total. The third-order valence-corrected chi connectivity index (χ3v) is 4.92. The molecule has 2 aromatic heterocycles. The molecular weight excluding hydrogens is 308 g/mol. The molecule has 0 bridgehead atoms. The number of aromatic nitrogens is 3. The Hall–Kier alpha value is -1.95. The predicted octanol–water partition coefficient (Wildman–Crippen LogP) is 2.96. The van der Waals surface area contributed by atoms with Gasteiger partial charge in [-0.25, -0.2) is 9.67 Å². The highest BCUT2D eigenvalue weighted by Gasteiger charge is 2.18. The Kier molecular flexibility index (Phi) is 4.91. The minimum Gasteiger partial charge on any atom is -0.355 e. The fourth-order valence-corrected chi connectivity index (χ4v) is 3.69. The molecule has 0 fully saturated rings. The van der Waals surface area contributed by atoms with Crippen LogP contribution in [0, 0.1) is 19.8 Å². The molecule has 122 valence electrons. The van der Waals surface area contributed by atoms with E-state index in [0.717, 1.165) is 47.9 Å². The van der Waals surface area contributed by atoms with E-state index < -0.39 is 0 Å². The molecule has 0 spiro atoms. The first-order valence-corrected chi connectivity index (χ1v) is 8.92. The Morgan fingerprint density at radius 1 is 1.43 bits per heavy atom. The van der Waals surface area contributed by atoms with E-state index in [9.17, 15) is 4.79 Å². The SMILES string of the molecule is Cc1cc(C)n(-c2nc(CCNC(=O)[C@H]3CC=CCC3)cs2)n1. The van der Waals surface area contributed by atoms with Crippen molar-refractivity contribution in [3.63, 3.8) is 0 Å². The van der Waals surface area contributed by atoms with Crippen LogP contribution in [0.25, 0.3) is 5.13 Å². The first-order chi connectivity index (χ1) is 11.1. The molecule has 1 aliphatic rings. The number of hydrogen-bond donors (Lipinski definition) is 1. The zero-order chi connectivity index (χ0) is 16.2. The minimum atomic E-state index is 0.140. The molecule has 0 radical (unpaired) electrons. The zero-order valence-electron chi connectivity index (χ0n) is 13.6. The summed E-state index contributed by atoms with van der Waals surface area (Å²) in [5.74, 6) is 0.309. The van der Waals surface area contributed by atoms with Crippen molar-refractivity contribution in [1.82, 2.24) is 20.1 Å². The van der Waals surface area contributed by atoms with Crippen LogP contribution in [-0.2, 0) is 11.2 Å². The number of rotatable bonds is 5. The van der Waals surface area contributed by atoms with Crippen LogP contribution >= 0.6 is 11.3 Å². The fraction of sp³-hybridized carbons (Fsp3) is 0.471. The molecule has 0 aliphatic heterocycles. The van der Waals surface area contributed by atoms with Crippen molar-refractivity contribution in [1.29, 1.82) is 0 Å². The maximum atomic E-state index is 12.1. The van der Waals surface area contributed by atoms with Crippen LogP contribution in [0.4, 0.5) is 0 Å². The van der Waals surface area contributed by atoms with Crippen molar-refractivity contribution in [2.75, 3.05) is 6.54 Å². The number of carbonyl (C=O) groups is 1. The van der Waals surface area contributed by atoms with Gasteiger partial charge < -0.3 is 5.32 Å². The average molecular weight is 330 g/mol. The van der Waals surface area contributed by atoms with E-state index in [-0.39, 0.29) is 11.8 Å². The van der Waals surface area contributed by atoms with E-state index in [2.05, 4.69) is 27.6 Å². The largest absolute Gasteiger partial charge is 0.355 e. The Balaban J connectivity index is 1.52. The van der Waals surface area contributed by atoms with Crippen molar-refractivity contribution in [2.45, 2.75) is 39.5 Å². The summed E-state index contributed by atoms with van der Waals surface area (Å²) in [7, 11) is 0. The molecule has 3 rings (SSSR count). The lowest BCUT2D eigenvalue weighted by atomic mass is 9.94. The Morgan fingerprint density at radius 2 is 2.30 bits per heavy atom. The summed E-state index contributed by atoms with van der Waals surface area (Å²) in [6.45, 7) is 4.65. The fourth-order valence-electron chi connectivity index (χ4n) is 2.82. The summed E-state index contributed by atoms with van der Waals surface area (Å²) in [5.41, 5.74) is 3.08. The number of thiazole rings is 1. The van der Waals surface area contributed by atoms with E-state index in [1.54, 1.807) is 11.3 Å². The number of nitrogens with one attached hydrogen (secondary N) is 1. The van der Waals surface area contributed by atoms with Gasteiger partial charge in [-0.15, -0.1) is 11.3 Å². The molecular formula is C17H22N4OS. The predicted molar refractivity (Wildman–Crippen MR) is 91.9 cm³/mol. The first-order valence-electron chi connectivity index (χ1n) is 8.04. The molecule has 1 amide bonds. The smallest absolute Gasteiger partial charge is 0.223 e. The summed E-state index contributed by atoms with van der Waals surface area (Å²) in [4.78, 5) is 16.7. The van der Waals surface area contributed by atoms with Crippen molar-refractivity contribution in [3.05, 3.63) is 40.7 Å². The van der Waals surface area contributed by atoms with E-state index in [4.69, 9.17) is 0 Å². The summed E-state index contributed by atoms with van der Waals surface area (Å²) < 4.78 is 1.87. The molecule has 1 aliphatic carbocycles. The Labute approximate surface area is 140 Å². The van der Waals surface area contributed by atoms with Gasteiger partial charge in [0.05, 0.1) is 11.4 Å². The molecule has 0 unspecified atom stereocenters. The van der Waals surface area contributed by atoms with Gasteiger partial charge >= 0.3 is 0 Å². The van der Waals surface area contributed by atoms with Gasteiger partial charge in [0.1, 0.15) is 0 Å². The lowest BCUT2D eigenvalue weighted by molar-refractivity contribution is -0.125. The van der Waals surface area contributed by atoms with Crippen LogP contribution in [-0.4, -0.2) is 27.2 Å². The summed E-state index contributed by atoms with van der Waals surface area (Å²) >= 11 is 1.58. The number of hydrogen-bond acceptors (Lipinski definition) is 4. The molecule has 1 atom stereocenters. The van der Waals surface area contributed by atoms with E-state index in [1.807, 2.05) is 30.0 Å². The monoisotopic (exact) mass is 330 g/mol. The van der Waals surface area contributed by atoms with Gasteiger partial charge in [-0.3, -0.25) is 4.79 Å². The molecule has 23 heavy (non-hydrogen) atoms. The molecule has 0 saturated carbocycles. The van der Waals surface area contributed by atoms with E-state index >= 15 is 0 Å². The van der Waals surface area contributed by atoms with Crippen LogP contribution in [0.1, 0.15) is 36.3 Å². The molecule has 6 heteroatoms. The number of nitrogens with zero attached hydrogens (tertiary/aromatic N) is 3. The number of amides is 1. The lowest BCUT2D eigenvalue weighted by Gasteiger charge is -2.16. The second-order valence-electron chi connectivity index (χ2n) is 5.98. The summed E-state index contributed by atoms with van der Waals surface area (Å²) in [5, 5.41) is 10.4. The molecule has 2 heterocycles. The maximum absolute atomic E-state index is 12.1. The highest BCUT2D eigenvalue weighted by atomic mass is 32.1. The molecule has 0 aromatic carbocycles. The maximum Gasteiger partial charge on any atom is 0.223 e. The van der Waals surface area contributed by atoms with Crippen molar-refractivity contribution in [2.24, 2.45) is 5.92 Å². The van der Waals surface area contributed by atoms with Gasteiger partial charge in [-0.05, 0) is 39.2 Å².